The highest BCUT2D eigenvalue weighted by atomic mass is 79.9. The van der Waals surface area contributed by atoms with Gasteiger partial charge in [-0.15, -0.1) is 0 Å². The second-order valence-corrected chi connectivity index (χ2v) is 6.67. The first kappa shape index (κ1) is 15.0. The molecule has 0 radical (unpaired) electrons. The Morgan fingerprint density at radius 1 is 1.37 bits per heavy atom. The van der Waals surface area contributed by atoms with Gasteiger partial charge in [-0.3, -0.25) is 4.90 Å². The van der Waals surface area contributed by atoms with E-state index in [4.69, 9.17) is 0 Å². The molecule has 1 aliphatic heterocycles. The van der Waals surface area contributed by atoms with Gasteiger partial charge in [-0.1, -0.05) is 35.0 Å². The minimum atomic E-state index is -0.315. The summed E-state index contributed by atoms with van der Waals surface area (Å²) in [7, 11) is 0. The third-order valence-corrected chi connectivity index (χ3v) is 5.07. The van der Waals surface area contributed by atoms with Gasteiger partial charge in [-0.05, 0) is 57.0 Å². The molecule has 0 saturated carbocycles. The number of halogens is 1. The van der Waals surface area contributed by atoms with Gasteiger partial charge < -0.3 is 5.11 Å². The van der Waals surface area contributed by atoms with Crippen LogP contribution in [-0.2, 0) is 6.42 Å². The summed E-state index contributed by atoms with van der Waals surface area (Å²) in [5, 5.41) is 10.7. The lowest BCUT2D eigenvalue weighted by molar-refractivity contribution is -0.0117. The number of aliphatic hydroxyl groups excluding tert-OH is 1. The molecule has 1 N–H and O–H groups in total. The molecule has 1 heterocycles. The van der Waals surface area contributed by atoms with Crippen LogP contribution in [0.1, 0.15) is 38.7 Å². The molecule has 2 atom stereocenters. The highest BCUT2D eigenvalue weighted by molar-refractivity contribution is 9.10. The van der Waals surface area contributed by atoms with Crippen LogP contribution in [0, 0.1) is 0 Å². The first-order valence-electron chi connectivity index (χ1n) is 7.24. The molecule has 19 heavy (non-hydrogen) atoms. The number of likely N-dealkylation sites (tertiary alicyclic amines) is 1. The van der Waals surface area contributed by atoms with E-state index in [0.717, 1.165) is 30.4 Å². The normalized spacial score (nSPS) is 21.3. The van der Waals surface area contributed by atoms with E-state index in [9.17, 15) is 5.11 Å². The minimum absolute atomic E-state index is 0.0984. The number of hydrogen-bond acceptors (Lipinski definition) is 2. The molecule has 1 aliphatic rings. The van der Waals surface area contributed by atoms with Gasteiger partial charge in [-0.25, -0.2) is 0 Å². The van der Waals surface area contributed by atoms with E-state index >= 15 is 0 Å². The van der Waals surface area contributed by atoms with Gasteiger partial charge in [0.05, 0.1) is 6.10 Å². The molecule has 2 rings (SSSR count). The Balaban J connectivity index is 2.09. The van der Waals surface area contributed by atoms with Gasteiger partial charge in [0.25, 0.3) is 0 Å². The van der Waals surface area contributed by atoms with Crippen LogP contribution in [0.25, 0.3) is 0 Å². The molecule has 0 amide bonds. The molecule has 1 fully saturated rings. The lowest BCUT2D eigenvalue weighted by Crippen LogP contribution is -2.53. The predicted molar refractivity (Wildman–Crippen MR) is 83.4 cm³/mol. The van der Waals surface area contributed by atoms with Crippen molar-refractivity contribution in [1.82, 2.24) is 4.90 Å². The van der Waals surface area contributed by atoms with Crippen molar-refractivity contribution in [2.45, 2.75) is 51.2 Å². The van der Waals surface area contributed by atoms with Crippen LogP contribution in [0.4, 0.5) is 0 Å². The van der Waals surface area contributed by atoms with E-state index in [1.54, 1.807) is 0 Å². The van der Waals surface area contributed by atoms with Crippen molar-refractivity contribution in [1.29, 1.82) is 0 Å². The average Bonchev–Trinajstić information content (AvgIpc) is 2.92. The average molecular weight is 326 g/mol. The van der Waals surface area contributed by atoms with Crippen LogP contribution in [0.5, 0.6) is 0 Å². The van der Waals surface area contributed by atoms with E-state index in [1.807, 2.05) is 12.1 Å². The molecule has 0 aromatic heterocycles. The summed E-state index contributed by atoms with van der Waals surface area (Å²) in [4.78, 5) is 2.47. The van der Waals surface area contributed by atoms with E-state index < -0.39 is 0 Å². The van der Waals surface area contributed by atoms with Gasteiger partial charge in [0, 0.05) is 16.4 Å². The predicted octanol–water partition coefficient (Wildman–Crippen LogP) is 3.62. The first-order chi connectivity index (χ1) is 9.06. The molecule has 0 bridgehead atoms. The molecule has 0 spiro atoms. The smallest absolute Gasteiger partial charge is 0.0761 e. The van der Waals surface area contributed by atoms with Crippen LogP contribution in [0.15, 0.2) is 28.7 Å². The molecule has 0 aliphatic carbocycles. The fraction of sp³-hybridized carbons (Fsp3) is 0.625. The first-order valence-corrected chi connectivity index (χ1v) is 8.03. The number of hydrogen-bond donors (Lipinski definition) is 1. The zero-order valence-electron chi connectivity index (χ0n) is 11.9. The zero-order valence-corrected chi connectivity index (χ0v) is 13.5. The van der Waals surface area contributed by atoms with Crippen molar-refractivity contribution in [2.24, 2.45) is 0 Å². The maximum Gasteiger partial charge on any atom is 0.0761 e. The molecule has 2 nitrogen and oxygen atoms in total. The zero-order chi connectivity index (χ0) is 13.9. The largest absolute Gasteiger partial charge is 0.391 e. The summed E-state index contributed by atoms with van der Waals surface area (Å²) >= 11 is 3.49. The van der Waals surface area contributed by atoms with E-state index in [2.05, 4.69) is 46.8 Å². The Labute approximate surface area is 124 Å². The highest BCUT2D eigenvalue weighted by Crippen LogP contribution is 2.30. The van der Waals surface area contributed by atoms with E-state index in [-0.39, 0.29) is 11.6 Å². The second kappa shape index (κ2) is 6.38. The summed E-state index contributed by atoms with van der Waals surface area (Å²) in [6.07, 6.45) is 3.92. The molecule has 3 heteroatoms. The van der Waals surface area contributed by atoms with Gasteiger partial charge in [-0.2, -0.15) is 0 Å². The van der Waals surface area contributed by atoms with Crippen molar-refractivity contribution >= 4 is 15.9 Å². The molecule has 1 aromatic carbocycles. The van der Waals surface area contributed by atoms with Crippen LogP contribution in [-0.4, -0.2) is 34.7 Å². The quantitative estimate of drug-likeness (QED) is 0.893. The van der Waals surface area contributed by atoms with Crippen LogP contribution < -0.4 is 0 Å². The van der Waals surface area contributed by atoms with Crippen molar-refractivity contribution in [3.05, 3.63) is 34.3 Å². The van der Waals surface area contributed by atoms with Crippen LogP contribution >= 0.6 is 15.9 Å². The lowest BCUT2D eigenvalue weighted by atomic mass is 9.86. The Hall–Kier alpha value is -0.380. The topological polar surface area (TPSA) is 23.5 Å². The van der Waals surface area contributed by atoms with E-state index in [0.29, 0.717) is 0 Å². The van der Waals surface area contributed by atoms with Gasteiger partial charge >= 0.3 is 0 Å². The number of benzene rings is 1. The Morgan fingerprint density at radius 2 is 2.05 bits per heavy atom. The molecule has 1 aromatic rings. The van der Waals surface area contributed by atoms with Crippen molar-refractivity contribution < 1.29 is 5.11 Å². The molecular weight excluding hydrogens is 302 g/mol. The van der Waals surface area contributed by atoms with Crippen LogP contribution in [0.2, 0.25) is 0 Å². The summed E-state index contributed by atoms with van der Waals surface area (Å²) in [5.74, 6) is 0. The number of rotatable bonds is 5. The Kier molecular flexibility index (Phi) is 5.04. The fourth-order valence-corrected chi connectivity index (χ4v) is 3.45. The number of nitrogens with zero attached hydrogens (tertiary/aromatic N) is 1. The molecule has 1 saturated heterocycles. The maximum atomic E-state index is 10.7. The third-order valence-electron chi connectivity index (χ3n) is 4.58. The summed E-state index contributed by atoms with van der Waals surface area (Å²) in [6.45, 7) is 6.64. The standard InChI is InChI=1S/C16H24BrNO/c1-3-16(2,18-9-4-5-10-18)15(19)12-13-7-6-8-14(17)11-13/h6-8,11,15,19H,3-5,9-10,12H2,1-2H3. The third kappa shape index (κ3) is 3.39. The second-order valence-electron chi connectivity index (χ2n) is 5.75. The Morgan fingerprint density at radius 3 is 2.63 bits per heavy atom. The van der Waals surface area contributed by atoms with Gasteiger partial charge in [0.2, 0.25) is 0 Å². The van der Waals surface area contributed by atoms with Crippen molar-refractivity contribution in [3.8, 4) is 0 Å². The Bertz CT molecular complexity index is 417. The van der Waals surface area contributed by atoms with Gasteiger partial charge in [0.1, 0.15) is 0 Å². The van der Waals surface area contributed by atoms with Crippen molar-refractivity contribution in [2.75, 3.05) is 13.1 Å². The summed E-state index contributed by atoms with van der Waals surface area (Å²) in [6, 6.07) is 8.25. The minimum Gasteiger partial charge on any atom is -0.391 e. The number of aliphatic hydroxyl groups is 1. The maximum absolute atomic E-state index is 10.7. The summed E-state index contributed by atoms with van der Waals surface area (Å²) < 4.78 is 1.08. The fourth-order valence-electron chi connectivity index (χ4n) is 3.01. The molecule has 2 unspecified atom stereocenters. The van der Waals surface area contributed by atoms with E-state index in [1.165, 1.54) is 18.4 Å². The summed E-state index contributed by atoms with van der Waals surface area (Å²) in [5.41, 5.74) is 1.10. The van der Waals surface area contributed by atoms with Crippen LogP contribution in [0.3, 0.4) is 0 Å². The molecular formula is C16H24BrNO. The SMILES string of the molecule is CCC(C)(C(O)Cc1cccc(Br)c1)N1CCCC1. The monoisotopic (exact) mass is 325 g/mol. The van der Waals surface area contributed by atoms with Gasteiger partial charge in [0.15, 0.2) is 0 Å². The highest BCUT2D eigenvalue weighted by Gasteiger charge is 2.38. The van der Waals surface area contributed by atoms with Crippen molar-refractivity contribution in [3.63, 3.8) is 0 Å². The molecule has 106 valence electrons. The lowest BCUT2D eigenvalue weighted by Gasteiger charge is -2.42.